The molecule has 2 atom stereocenters. The topological polar surface area (TPSA) is 32.3 Å². The van der Waals surface area contributed by atoms with Crippen molar-refractivity contribution in [3.8, 4) is 0 Å². The maximum atomic E-state index is 9.03. The van der Waals surface area contributed by atoms with Gasteiger partial charge in [0.15, 0.2) is 0 Å². The number of rotatable bonds is 4. The van der Waals surface area contributed by atoms with E-state index in [0.717, 1.165) is 6.42 Å². The van der Waals surface area contributed by atoms with Crippen molar-refractivity contribution in [2.75, 3.05) is 13.2 Å². The first-order valence-electron chi connectivity index (χ1n) is 7.08. The van der Waals surface area contributed by atoms with E-state index in [4.69, 9.17) is 28.3 Å². The van der Waals surface area contributed by atoms with E-state index in [-0.39, 0.29) is 12.6 Å². The molecule has 0 saturated heterocycles. The van der Waals surface area contributed by atoms with Crippen molar-refractivity contribution in [2.24, 2.45) is 0 Å². The van der Waals surface area contributed by atoms with Crippen molar-refractivity contribution in [1.82, 2.24) is 5.32 Å². The third kappa shape index (κ3) is 2.95. The average molecular weight is 322 g/mol. The number of fused-ring (bicyclic) bond motifs is 1. The largest absolute Gasteiger partial charge is 0.395 e. The second kappa shape index (κ2) is 6.37. The Balaban J connectivity index is 1.95. The van der Waals surface area contributed by atoms with Crippen molar-refractivity contribution >= 4 is 23.2 Å². The molecular formula is C17H17Cl2NO. The second-order valence-corrected chi connectivity index (χ2v) is 6.14. The average Bonchev–Trinajstić information content (AvgIpc) is 2.87. The molecule has 0 aliphatic heterocycles. The highest BCUT2D eigenvalue weighted by Crippen LogP contribution is 2.44. The summed E-state index contributed by atoms with van der Waals surface area (Å²) in [5.74, 6) is 0.312. The van der Waals surface area contributed by atoms with Crippen molar-refractivity contribution in [3.05, 3.63) is 69.2 Å². The summed E-state index contributed by atoms with van der Waals surface area (Å²) in [4.78, 5) is 0. The third-order valence-electron chi connectivity index (χ3n) is 4.07. The summed E-state index contributed by atoms with van der Waals surface area (Å²) < 4.78 is 0. The molecule has 0 saturated carbocycles. The predicted molar refractivity (Wildman–Crippen MR) is 87.2 cm³/mol. The van der Waals surface area contributed by atoms with Crippen molar-refractivity contribution in [2.45, 2.75) is 18.4 Å². The minimum Gasteiger partial charge on any atom is -0.395 e. The molecule has 1 aliphatic carbocycles. The fourth-order valence-corrected chi connectivity index (χ4v) is 3.42. The Labute approximate surface area is 134 Å². The Kier molecular flexibility index (Phi) is 4.51. The quantitative estimate of drug-likeness (QED) is 0.886. The van der Waals surface area contributed by atoms with Crippen LogP contribution in [0.1, 0.15) is 35.1 Å². The van der Waals surface area contributed by atoms with E-state index in [1.807, 2.05) is 18.2 Å². The number of hydrogen-bond acceptors (Lipinski definition) is 2. The molecule has 0 spiro atoms. The molecular weight excluding hydrogens is 305 g/mol. The lowest BCUT2D eigenvalue weighted by Gasteiger charge is -2.14. The van der Waals surface area contributed by atoms with Gasteiger partial charge in [-0.25, -0.2) is 0 Å². The second-order valence-electron chi connectivity index (χ2n) is 5.32. The number of nitrogens with one attached hydrogen (secondary N) is 1. The molecule has 3 rings (SSSR count). The van der Waals surface area contributed by atoms with Gasteiger partial charge in [0.25, 0.3) is 0 Å². The van der Waals surface area contributed by atoms with Crippen molar-refractivity contribution in [1.29, 1.82) is 0 Å². The molecule has 0 radical (unpaired) electrons. The molecule has 21 heavy (non-hydrogen) atoms. The maximum absolute atomic E-state index is 9.03. The molecule has 2 N–H and O–H groups in total. The molecule has 2 unspecified atom stereocenters. The molecule has 0 bridgehead atoms. The molecule has 0 fully saturated rings. The Morgan fingerprint density at radius 1 is 1.05 bits per heavy atom. The van der Waals surface area contributed by atoms with Crippen LogP contribution in [0.3, 0.4) is 0 Å². The SMILES string of the molecule is OCCNC1CC(c2ccc(Cl)c(Cl)c2)c2ccccc21. The summed E-state index contributed by atoms with van der Waals surface area (Å²) in [5, 5.41) is 13.6. The Morgan fingerprint density at radius 3 is 2.52 bits per heavy atom. The van der Waals surface area contributed by atoms with Crippen molar-refractivity contribution < 1.29 is 5.11 Å². The summed E-state index contributed by atoms with van der Waals surface area (Å²) in [7, 11) is 0. The van der Waals surface area contributed by atoms with Crippen LogP contribution in [0.4, 0.5) is 0 Å². The lowest BCUT2D eigenvalue weighted by molar-refractivity contribution is 0.283. The first-order valence-corrected chi connectivity index (χ1v) is 7.84. The zero-order valence-electron chi connectivity index (χ0n) is 11.5. The minimum absolute atomic E-state index is 0.149. The Bertz CT molecular complexity index is 644. The van der Waals surface area contributed by atoms with Gasteiger partial charge < -0.3 is 10.4 Å². The van der Waals surface area contributed by atoms with Gasteiger partial charge in [-0.15, -0.1) is 0 Å². The molecule has 110 valence electrons. The van der Waals surface area contributed by atoms with Gasteiger partial charge in [0.05, 0.1) is 16.7 Å². The highest BCUT2D eigenvalue weighted by Gasteiger charge is 2.31. The van der Waals surface area contributed by atoms with Gasteiger partial charge in [-0.05, 0) is 35.2 Å². The van der Waals surface area contributed by atoms with Crippen LogP contribution >= 0.6 is 23.2 Å². The van der Waals surface area contributed by atoms with E-state index < -0.39 is 0 Å². The molecule has 0 heterocycles. The monoisotopic (exact) mass is 321 g/mol. The van der Waals surface area contributed by atoms with Gasteiger partial charge in [0, 0.05) is 18.5 Å². The minimum atomic E-state index is 0.149. The normalized spacial score (nSPS) is 20.5. The fraction of sp³-hybridized carbons (Fsp3) is 0.294. The lowest BCUT2D eigenvalue weighted by atomic mass is 9.93. The summed E-state index contributed by atoms with van der Waals surface area (Å²) in [5.41, 5.74) is 3.82. The van der Waals surface area contributed by atoms with Gasteiger partial charge in [-0.1, -0.05) is 53.5 Å². The molecule has 2 aromatic rings. The van der Waals surface area contributed by atoms with Crippen LogP contribution in [-0.2, 0) is 0 Å². The van der Waals surface area contributed by atoms with Crippen LogP contribution in [0.5, 0.6) is 0 Å². The lowest BCUT2D eigenvalue weighted by Crippen LogP contribution is -2.22. The molecule has 0 aromatic heterocycles. The van der Waals surface area contributed by atoms with Crippen LogP contribution in [0.25, 0.3) is 0 Å². The van der Waals surface area contributed by atoms with Crippen LogP contribution in [0.15, 0.2) is 42.5 Å². The highest BCUT2D eigenvalue weighted by molar-refractivity contribution is 6.42. The van der Waals surface area contributed by atoms with Gasteiger partial charge in [0.2, 0.25) is 0 Å². The summed E-state index contributed by atoms with van der Waals surface area (Å²) in [6, 6.07) is 14.6. The summed E-state index contributed by atoms with van der Waals surface area (Å²) in [6.45, 7) is 0.753. The smallest absolute Gasteiger partial charge is 0.0595 e. The predicted octanol–water partition coefficient (Wildman–Crippen LogP) is 4.15. The summed E-state index contributed by atoms with van der Waals surface area (Å²) >= 11 is 12.2. The van der Waals surface area contributed by atoms with E-state index in [1.54, 1.807) is 0 Å². The molecule has 1 aliphatic rings. The Hall–Kier alpha value is -1.06. The zero-order valence-corrected chi connectivity index (χ0v) is 13.0. The number of aliphatic hydroxyl groups is 1. The number of hydrogen-bond donors (Lipinski definition) is 2. The van der Waals surface area contributed by atoms with Gasteiger partial charge in [0.1, 0.15) is 0 Å². The zero-order chi connectivity index (χ0) is 14.8. The van der Waals surface area contributed by atoms with Crippen LogP contribution in [0, 0.1) is 0 Å². The summed E-state index contributed by atoms with van der Waals surface area (Å²) in [6.07, 6.45) is 0.970. The fourth-order valence-electron chi connectivity index (χ4n) is 3.11. The molecule has 0 amide bonds. The third-order valence-corrected chi connectivity index (χ3v) is 4.81. The Morgan fingerprint density at radius 2 is 1.81 bits per heavy atom. The number of aliphatic hydroxyl groups excluding tert-OH is 1. The van der Waals surface area contributed by atoms with Gasteiger partial charge in [-0.2, -0.15) is 0 Å². The van der Waals surface area contributed by atoms with E-state index in [1.165, 1.54) is 16.7 Å². The van der Waals surface area contributed by atoms with Gasteiger partial charge >= 0.3 is 0 Å². The van der Waals surface area contributed by atoms with E-state index in [0.29, 0.717) is 22.5 Å². The highest BCUT2D eigenvalue weighted by atomic mass is 35.5. The van der Waals surface area contributed by atoms with E-state index in [9.17, 15) is 0 Å². The van der Waals surface area contributed by atoms with Gasteiger partial charge in [-0.3, -0.25) is 0 Å². The molecule has 2 nitrogen and oxygen atoms in total. The van der Waals surface area contributed by atoms with E-state index >= 15 is 0 Å². The van der Waals surface area contributed by atoms with Crippen LogP contribution < -0.4 is 5.32 Å². The number of halogens is 2. The van der Waals surface area contributed by atoms with Crippen molar-refractivity contribution in [3.63, 3.8) is 0 Å². The molecule has 4 heteroatoms. The van der Waals surface area contributed by atoms with Crippen LogP contribution in [0.2, 0.25) is 10.0 Å². The molecule has 2 aromatic carbocycles. The maximum Gasteiger partial charge on any atom is 0.0595 e. The first-order chi connectivity index (χ1) is 10.2. The van der Waals surface area contributed by atoms with E-state index in [2.05, 4.69) is 29.6 Å². The number of benzene rings is 2. The van der Waals surface area contributed by atoms with Crippen LogP contribution in [-0.4, -0.2) is 18.3 Å². The standard InChI is InChI=1S/C17H17Cl2NO/c18-15-6-5-11(9-16(15)19)14-10-17(20-7-8-21)13-4-2-1-3-12(13)14/h1-6,9,14,17,20-21H,7-8,10H2. The first kappa shape index (κ1) is 14.9.